The summed E-state index contributed by atoms with van der Waals surface area (Å²) in [5.41, 5.74) is 0.941. The van der Waals surface area contributed by atoms with Crippen LogP contribution in [0.4, 0.5) is 0 Å². The molecule has 0 saturated carbocycles. The number of likely N-dealkylation sites (N-methyl/N-ethyl adjacent to an activating group) is 1. The smallest absolute Gasteiger partial charge is 0.289 e. The lowest BCUT2D eigenvalue weighted by Crippen LogP contribution is -2.31. The van der Waals surface area contributed by atoms with Crippen molar-refractivity contribution in [1.82, 2.24) is 4.90 Å². The summed E-state index contributed by atoms with van der Waals surface area (Å²) in [5.74, 6) is -0.934. The van der Waals surface area contributed by atoms with Gasteiger partial charge in [0.2, 0.25) is 5.78 Å². The van der Waals surface area contributed by atoms with Crippen LogP contribution in [0.1, 0.15) is 12.5 Å². The van der Waals surface area contributed by atoms with Gasteiger partial charge in [0.25, 0.3) is 5.91 Å². The van der Waals surface area contributed by atoms with Gasteiger partial charge in [-0.2, -0.15) is 0 Å². The Hall–Kier alpha value is -1.35. The van der Waals surface area contributed by atoms with Crippen molar-refractivity contribution in [3.05, 3.63) is 34.9 Å². The number of halogens is 1. The van der Waals surface area contributed by atoms with Crippen molar-refractivity contribution < 1.29 is 9.59 Å². The molecule has 1 amide bonds. The van der Waals surface area contributed by atoms with Gasteiger partial charge in [-0.3, -0.25) is 9.59 Å². The number of amides is 1. The molecule has 0 saturated heterocycles. The molecule has 1 aromatic rings. The number of ketones is 1. The summed E-state index contributed by atoms with van der Waals surface area (Å²) in [6.45, 7) is 1.68. The fraction of sp³-hybridized carbons (Fsp3) is 0.273. The minimum absolute atomic E-state index is 0.412. The number of hydrogen-bond donors (Lipinski definition) is 0. The van der Waals surface area contributed by atoms with Crippen molar-refractivity contribution in [1.29, 1.82) is 0 Å². The second-order valence-electron chi connectivity index (χ2n) is 3.34. The zero-order valence-corrected chi connectivity index (χ0v) is 9.41. The van der Waals surface area contributed by atoms with Gasteiger partial charge in [0.05, 0.1) is 0 Å². The van der Waals surface area contributed by atoms with Crippen molar-refractivity contribution in [2.24, 2.45) is 0 Å². The minimum Gasteiger partial charge on any atom is -0.335 e. The SMILES string of the molecule is CC(=O)C(=O)N(C)Cc1ccc(Cl)cc1. The van der Waals surface area contributed by atoms with Gasteiger partial charge in [0.15, 0.2) is 0 Å². The highest BCUT2D eigenvalue weighted by Gasteiger charge is 2.13. The molecule has 0 N–H and O–H groups in total. The molecule has 15 heavy (non-hydrogen) atoms. The Balaban J connectivity index is 2.66. The zero-order valence-electron chi connectivity index (χ0n) is 8.66. The van der Waals surface area contributed by atoms with Crippen LogP contribution in [-0.2, 0) is 16.1 Å². The molecule has 0 atom stereocenters. The molecule has 0 unspecified atom stereocenters. The minimum atomic E-state index is -0.482. The summed E-state index contributed by atoms with van der Waals surface area (Å²) in [7, 11) is 1.60. The van der Waals surface area contributed by atoms with Gasteiger partial charge in [-0.05, 0) is 17.7 Å². The predicted molar refractivity (Wildman–Crippen MR) is 58.6 cm³/mol. The van der Waals surface area contributed by atoms with Gasteiger partial charge in [-0.1, -0.05) is 23.7 Å². The summed E-state index contributed by atoms with van der Waals surface area (Å²) in [4.78, 5) is 23.5. The first-order chi connectivity index (χ1) is 7.00. The molecular formula is C11H12ClNO2. The number of carbonyl (C=O) groups excluding carboxylic acids is 2. The molecule has 1 aromatic carbocycles. The third-order valence-electron chi connectivity index (χ3n) is 1.98. The third-order valence-corrected chi connectivity index (χ3v) is 2.23. The van der Waals surface area contributed by atoms with Crippen LogP contribution >= 0.6 is 11.6 Å². The molecule has 0 radical (unpaired) electrons. The predicted octanol–water partition coefficient (Wildman–Crippen LogP) is 1.89. The molecule has 0 bridgehead atoms. The van der Waals surface area contributed by atoms with E-state index < -0.39 is 11.7 Å². The van der Waals surface area contributed by atoms with Gasteiger partial charge < -0.3 is 4.90 Å². The highest BCUT2D eigenvalue weighted by atomic mass is 35.5. The van der Waals surface area contributed by atoms with E-state index in [-0.39, 0.29) is 0 Å². The second kappa shape index (κ2) is 4.94. The van der Waals surface area contributed by atoms with Gasteiger partial charge in [-0.25, -0.2) is 0 Å². The molecule has 80 valence electrons. The maximum atomic E-state index is 11.3. The summed E-state index contributed by atoms with van der Waals surface area (Å²) >= 11 is 5.73. The van der Waals surface area contributed by atoms with Crippen LogP contribution in [0.5, 0.6) is 0 Å². The van der Waals surface area contributed by atoms with E-state index in [4.69, 9.17) is 11.6 Å². The topological polar surface area (TPSA) is 37.4 Å². The van der Waals surface area contributed by atoms with E-state index in [9.17, 15) is 9.59 Å². The van der Waals surface area contributed by atoms with Gasteiger partial charge in [-0.15, -0.1) is 0 Å². The van der Waals surface area contributed by atoms with E-state index in [1.165, 1.54) is 11.8 Å². The molecule has 0 spiro atoms. The molecule has 0 aliphatic rings. The number of carbonyl (C=O) groups is 2. The molecule has 3 nitrogen and oxygen atoms in total. The van der Waals surface area contributed by atoms with E-state index in [0.29, 0.717) is 11.6 Å². The molecule has 0 aliphatic carbocycles. The number of hydrogen-bond acceptors (Lipinski definition) is 2. The lowest BCUT2D eigenvalue weighted by atomic mass is 10.2. The molecule has 0 fully saturated rings. The molecule has 0 aromatic heterocycles. The lowest BCUT2D eigenvalue weighted by Gasteiger charge is -2.15. The number of Topliss-reactive ketones (excluding diaryl/α,β-unsaturated/α-hetero) is 1. The molecule has 0 heterocycles. The highest BCUT2D eigenvalue weighted by Crippen LogP contribution is 2.10. The summed E-state index contributed by atoms with van der Waals surface area (Å²) in [5, 5.41) is 0.652. The Morgan fingerprint density at radius 1 is 1.27 bits per heavy atom. The lowest BCUT2D eigenvalue weighted by molar-refractivity contribution is -0.143. The molecule has 0 aliphatic heterocycles. The largest absolute Gasteiger partial charge is 0.335 e. The average molecular weight is 226 g/mol. The van der Waals surface area contributed by atoms with Crippen LogP contribution in [0.3, 0.4) is 0 Å². The Kier molecular flexibility index (Phi) is 3.86. The van der Waals surface area contributed by atoms with Crippen LogP contribution in [0.25, 0.3) is 0 Å². The van der Waals surface area contributed by atoms with Crippen LogP contribution in [0, 0.1) is 0 Å². The van der Waals surface area contributed by atoms with Gasteiger partial charge >= 0.3 is 0 Å². The fourth-order valence-electron chi connectivity index (χ4n) is 1.20. The maximum Gasteiger partial charge on any atom is 0.289 e. The Labute approximate surface area is 93.6 Å². The monoisotopic (exact) mass is 225 g/mol. The van der Waals surface area contributed by atoms with E-state index in [0.717, 1.165) is 5.56 Å². The quantitative estimate of drug-likeness (QED) is 0.737. The van der Waals surface area contributed by atoms with Gasteiger partial charge in [0.1, 0.15) is 0 Å². The maximum absolute atomic E-state index is 11.3. The van der Waals surface area contributed by atoms with Crippen molar-refractivity contribution in [3.63, 3.8) is 0 Å². The highest BCUT2D eigenvalue weighted by molar-refractivity contribution is 6.34. The summed E-state index contributed by atoms with van der Waals surface area (Å²) < 4.78 is 0. The van der Waals surface area contributed by atoms with E-state index >= 15 is 0 Å². The number of nitrogens with zero attached hydrogens (tertiary/aromatic N) is 1. The van der Waals surface area contributed by atoms with Gasteiger partial charge in [0, 0.05) is 25.5 Å². The van der Waals surface area contributed by atoms with E-state index in [1.807, 2.05) is 12.1 Å². The normalized spacial score (nSPS) is 9.80. The van der Waals surface area contributed by atoms with Crippen molar-refractivity contribution in [2.45, 2.75) is 13.5 Å². The Morgan fingerprint density at radius 2 is 1.80 bits per heavy atom. The number of rotatable bonds is 3. The first-order valence-corrected chi connectivity index (χ1v) is 4.89. The fourth-order valence-corrected chi connectivity index (χ4v) is 1.33. The van der Waals surface area contributed by atoms with Crippen molar-refractivity contribution in [2.75, 3.05) is 7.05 Å². The molecular weight excluding hydrogens is 214 g/mol. The standard InChI is InChI=1S/C11H12ClNO2/c1-8(14)11(15)13(2)7-9-3-5-10(12)6-4-9/h3-6H,7H2,1-2H3. The zero-order chi connectivity index (χ0) is 11.4. The Morgan fingerprint density at radius 3 is 2.27 bits per heavy atom. The van der Waals surface area contributed by atoms with E-state index in [2.05, 4.69) is 0 Å². The average Bonchev–Trinajstić information content (AvgIpc) is 2.20. The van der Waals surface area contributed by atoms with Crippen molar-refractivity contribution >= 4 is 23.3 Å². The van der Waals surface area contributed by atoms with Crippen LogP contribution in [0.15, 0.2) is 24.3 Å². The van der Waals surface area contributed by atoms with E-state index in [1.54, 1.807) is 19.2 Å². The summed E-state index contributed by atoms with van der Waals surface area (Å²) in [6.07, 6.45) is 0. The molecule has 1 rings (SSSR count). The number of benzene rings is 1. The van der Waals surface area contributed by atoms with Crippen LogP contribution in [0.2, 0.25) is 5.02 Å². The first-order valence-electron chi connectivity index (χ1n) is 4.51. The molecule has 4 heteroatoms. The third kappa shape index (κ3) is 3.36. The first kappa shape index (κ1) is 11.7. The second-order valence-corrected chi connectivity index (χ2v) is 3.78. The van der Waals surface area contributed by atoms with Crippen LogP contribution < -0.4 is 0 Å². The summed E-state index contributed by atoms with van der Waals surface area (Å²) in [6, 6.07) is 7.16. The van der Waals surface area contributed by atoms with Crippen molar-refractivity contribution in [3.8, 4) is 0 Å². The Bertz CT molecular complexity index is 373. The van der Waals surface area contributed by atoms with Crippen LogP contribution in [-0.4, -0.2) is 23.6 Å².